The highest BCUT2D eigenvalue weighted by Gasteiger charge is 2.45. The lowest BCUT2D eigenvalue weighted by molar-refractivity contribution is 0.191. The van der Waals surface area contributed by atoms with Gasteiger partial charge >= 0.3 is 0 Å². The maximum absolute atomic E-state index is 10.1. The zero-order chi connectivity index (χ0) is 21.2. The second kappa shape index (κ2) is 8.96. The summed E-state index contributed by atoms with van der Waals surface area (Å²) in [6.45, 7) is 16.2. The Bertz CT molecular complexity index is 698. The van der Waals surface area contributed by atoms with Crippen molar-refractivity contribution in [3.8, 4) is 0 Å². The van der Waals surface area contributed by atoms with E-state index in [0.29, 0.717) is 22.7 Å². The zero-order valence-corrected chi connectivity index (χ0v) is 19.7. The largest absolute Gasteiger partial charge is 0.388 e. The quantitative estimate of drug-likeness (QED) is 0.468. The van der Waals surface area contributed by atoms with Crippen LogP contribution in [0.5, 0.6) is 0 Å². The summed E-state index contributed by atoms with van der Waals surface area (Å²) in [7, 11) is 0. The standard InChI is InChI=1S/C28H44O/c1-20(10-8-18-27(3,4)5)24-16-17-25-23(12-9-19-28(24,25)6)15-14-22-11-7-13-26(29)21(22)2/h14-16,20,25-26,29H,2,7-13,17-19H2,1,3-6H3/b22-14-,23-15+/t20-,25?,26?,28?/m1/s1. The molecule has 0 amide bonds. The molecule has 3 unspecified atom stereocenters. The van der Waals surface area contributed by atoms with Gasteiger partial charge in [-0.2, -0.15) is 0 Å². The normalized spacial score (nSPS) is 34.4. The molecule has 0 saturated heterocycles. The molecule has 29 heavy (non-hydrogen) atoms. The van der Waals surface area contributed by atoms with Crippen molar-refractivity contribution in [3.63, 3.8) is 0 Å². The van der Waals surface area contributed by atoms with E-state index >= 15 is 0 Å². The minimum Gasteiger partial charge on any atom is -0.388 e. The molecule has 0 heterocycles. The summed E-state index contributed by atoms with van der Waals surface area (Å²) in [4.78, 5) is 0. The van der Waals surface area contributed by atoms with Crippen molar-refractivity contribution < 1.29 is 5.11 Å². The van der Waals surface area contributed by atoms with Crippen molar-refractivity contribution >= 4 is 0 Å². The first-order valence-electron chi connectivity index (χ1n) is 12.1. The van der Waals surface area contributed by atoms with Gasteiger partial charge in [-0.3, -0.25) is 0 Å². The summed E-state index contributed by atoms with van der Waals surface area (Å²) in [6.07, 6.45) is 19.0. The van der Waals surface area contributed by atoms with Gasteiger partial charge in [-0.15, -0.1) is 0 Å². The van der Waals surface area contributed by atoms with E-state index in [9.17, 15) is 5.11 Å². The van der Waals surface area contributed by atoms with Crippen LogP contribution in [0.4, 0.5) is 0 Å². The lowest BCUT2D eigenvalue weighted by atomic mass is 9.62. The van der Waals surface area contributed by atoms with Crippen molar-refractivity contribution in [2.45, 2.75) is 105 Å². The van der Waals surface area contributed by atoms with Gasteiger partial charge in [0.15, 0.2) is 0 Å². The highest BCUT2D eigenvalue weighted by Crippen LogP contribution is 2.57. The SMILES string of the molecule is C=C1/C(=C\C=C2/CCCC3(C)C([C@H](C)CCCC(C)(C)C)=CCC23)CCCC1O. The molecule has 0 aromatic heterocycles. The number of hydrogen-bond donors (Lipinski definition) is 1. The van der Waals surface area contributed by atoms with Gasteiger partial charge in [-0.1, -0.05) is 77.0 Å². The molecule has 0 aromatic carbocycles. The van der Waals surface area contributed by atoms with Crippen LogP contribution in [0.2, 0.25) is 0 Å². The number of aliphatic hydroxyl groups is 1. The average Bonchev–Trinajstić information content (AvgIpc) is 2.99. The summed E-state index contributed by atoms with van der Waals surface area (Å²) in [5.41, 5.74) is 6.39. The van der Waals surface area contributed by atoms with Crippen LogP contribution in [0.3, 0.4) is 0 Å². The molecular weight excluding hydrogens is 352 g/mol. The van der Waals surface area contributed by atoms with Gasteiger partial charge in [0.2, 0.25) is 0 Å². The van der Waals surface area contributed by atoms with Gasteiger partial charge in [0.25, 0.3) is 0 Å². The molecule has 3 aliphatic carbocycles. The van der Waals surface area contributed by atoms with Crippen LogP contribution < -0.4 is 0 Å². The summed E-state index contributed by atoms with van der Waals surface area (Å²) < 4.78 is 0. The van der Waals surface area contributed by atoms with Gasteiger partial charge < -0.3 is 5.11 Å². The topological polar surface area (TPSA) is 20.2 Å². The Morgan fingerprint density at radius 2 is 2.00 bits per heavy atom. The van der Waals surface area contributed by atoms with E-state index in [4.69, 9.17) is 0 Å². The maximum atomic E-state index is 10.1. The average molecular weight is 397 g/mol. The Hall–Kier alpha value is -1.08. The monoisotopic (exact) mass is 396 g/mol. The van der Waals surface area contributed by atoms with E-state index in [1.807, 2.05) is 0 Å². The molecular formula is C28H44O. The fourth-order valence-electron chi connectivity index (χ4n) is 6.14. The van der Waals surface area contributed by atoms with E-state index in [1.54, 1.807) is 11.1 Å². The third-order valence-electron chi connectivity index (χ3n) is 7.94. The molecule has 0 aliphatic heterocycles. The summed E-state index contributed by atoms with van der Waals surface area (Å²) in [5, 5.41) is 10.1. The van der Waals surface area contributed by atoms with Crippen molar-refractivity contribution in [1.29, 1.82) is 0 Å². The molecule has 3 aliphatic rings. The Morgan fingerprint density at radius 1 is 1.24 bits per heavy atom. The summed E-state index contributed by atoms with van der Waals surface area (Å²) in [6, 6.07) is 0. The van der Waals surface area contributed by atoms with E-state index in [0.717, 1.165) is 24.8 Å². The van der Waals surface area contributed by atoms with Crippen molar-refractivity contribution in [1.82, 2.24) is 0 Å². The van der Waals surface area contributed by atoms with Crippen molar-refractivity contribution in [2.24, 2.45) is 22.7 Å². The fourth-order valence-corrected chi connectivity index (χ4v) is 6.14. The molecule has 1 nitrogen and oxygen atoms in total. The van der Waals surface area contributed by atoms with E-state index < -0.39 is 0 Å². The molecule has 4 atom stereocenters. The fraction of sp³-hybridized carbons (Fsp3) is 0.714. The van der Waals surface area contributed by atoms with Crippen LogP contribution in [0, 0.1) is 22.7 Å². The zero-order valence-electron chi connectivity index (χ0n) is 19.7. The Kier molecular flexibility index (Phi) is 6.99. The van der Waals surface area contributed by atoms with Gasteiger partial charge in [-0.05, 0) is 91.6 Å². The second-order valence-electron chi connectivity index (χ2n) is 11.4. The van der Waals surface area contributed by atoms with Crippen LogP contribution in [0.1, 0.15) is 98.8 Å². The predicted octanol–water partition coefficient (Wildman–Crippen LogP) is 7.93. The van der Waals surface area contributed by atoms with Gasteiger partial charge in [-0.25, -0.2) is 0 Å². The number of hydrogen-bond acceptors (Lipinski definition) is 1. The van der Waals surface area contributed by atoms with Crippen LogP contribution >= 0.6 is 0 Å². The first-order chi connectivity index (χ1) is 13.6. The Balaban J connectivity index is 1.70. The van der Waals surface area contributed by atoms with Crippen molar-refractivity contribution in [2.75, 3.05) is 0 Å². The van der Waals surface area contributed by atoms with Crippen LogP contribution in [-0.2, 0) is 0 Å². The molecule has 2 saturated carbocycles. The van der Waals surface area contributed by atoms with E-state index in [2.05, 4.69) is 59.4 Å². The van der Waals surface area contributed by atoms with Crippen molar-refractivity contribution in [3.05, 3.63) is 47.1 Å². The lowest BCUT2D eigenvalue weighted by Gasteiger charge is -2.42. The van der Waals surface area contributed by atoms with Gasteiger partial charge in [0, 0.05) is 0 Å². The van der Waals surface area contributed by atoms with E-state index in [1.165, 1.54) is 50.5 Å². The first kappa shape index (κ1) is 22.6. The van der Waals surface area contributed by atoms with Crippen LogP contribution in [-0.4, -0.2) is 11.2 Å². The number of aliphatic hydroxyl groups excluding tert-OH is 1. The minimum atomic E-state index is -0.335. The minimum absolute atomic E-state index is 0.335. The summed E-state index contributed by atoms with van der Waals surface area (Å²) in [5.74, 6) is 1.38. The Morgan fingerprint density at radius 3 is 2.72 bits per heavy atom. The second-order valence-corrected chi connectivity index (χ2v) is 11.4. The molecule has 0 aromatic rings. The van der Waals surface area contributed by atoms with Gasteiger partial charge in [0.1, 0.15) is 0 Å². The smallest absolute Gasteiger partial charge is 0.0787 e. The molecule has 0 bridgehead atoms. The molecule has 3 rings (SSSR count). The number of fused-ring (bicyclic) bond motifs is 1. The predicted molar refractivity (Wildman–Crippen MR) is 126 cm³/mol. The third kappa shape index (κ3) is 5.16. The first-order valence-corrected chi connectivity index (χ1v) is 12.1. The molecule has 0 radical (unpaired) electrons. The highest BCUT2D eigenvalue weighted by atomic mass is 16.3. The third-order valence-corrected chi connectivity index (χ3v) is 7.94. The Labute approximate surface area is 180 Å². The van der Waals surface area contributed by atoms with Crippen LogP contribution in [0.25, 0.3) is 0 Å². The van der Waals surface area contributed by atoms with Crippen LogP contribution in [0.15, 0.2) is 47.1 Å². The molecule has 1 heteroatoms. The number of allylic oxidation sites excluding steroid dienone is 5. The molecule has 0 spiro atoms. The lowest BCUT2D eigenvalue weighted by Crippen LogP contribution is -2.32. The maximum Gasteiger partial charge on any atom is 0.0787 e. The van der Waals surface area contributed by atoms with Gasteiger partial charge in [0.05, 0.1) is 6.10 Å². The highest BCUT2D eigenvalue weighted by molar-refractivity contribution is 5.39. The number of rotatable bonds is 5. The molecule has 2 fully saturated rings. The molecule has 162 valence electrons. The van der Waals surface area contributed by atoms with E-state index in [-0.39, 0.29) is 6.10 Å². The molecule has 1 N–H and O–H groups in total. The summed E-state index contributed by atoms with van der Waals surface area (Å²) >= 11 is 0.